The van der Waals surface area contributed by atoms with Gasteiger partial charge in [0.15, 0.2) is 0 Å². The summed E-state index contributed by atoms with van der Waals surface area (Å²) >= 11 is 0. The number of nitrogens with one attached hydrogen (secondary N) is 1. The van der Waals surface area contributed by atoms with E-state index in [1.807, 2.05) is 20.8 Å². The Morgan fingerprint density at radius 3 is 2.50 bits per heavy atom. The van der Waals surface area contributed by atoms with E-state index < -0.39 is 10.8 Å². The fourth-order valence-electron chi connectivity index (χ4n) is 1.95. The number of nitrogens with zero attached hydrogens (tertiary/aromatic N) is 2. The van der Waals surface area contributed by atoms with Gasteiger partial charge in [-0.15, -0.1) is 0 Å². The molecule has 1 aromatic carbocycles. The summed E-state index contributed by atoms with van der Waals surface area (Å²) in [6, 6.07) is 4.12. The van der Waals surface area contributed by atoms with E-state index in [0.29, 0.717) is 12.2 Å². The average Bonchev–Trinajstić information content (AvgIpc) is 2.34. The van der Waals surface area contributed by atoms with Gasteiger partial charge in [-0.3, -0.25) is 20.8 Å². The number of hydrogen-bond acceptors (Lipinski definition) is 5. The van der Waals surface area contributed by atoms with Crippen molar-refractivity contribution in [3.63, 3.8) is 0 Å². The number of anilines is 1. The van der Waals surface area contributed by atoms with Gasteiger partial charge in [-0.05, 0) is 17.5 Å². The van der Waals surface area contributed by atoms with E-state index in [4.69, 9.17) is 5.84 Å². The smallest absolute Gasteiger partial charge is 0.282 e. The Kier molecular flexibility index (Phi) is 4.67. The maximum Gasteiger partial charge on any atom is 0.282 e. The predicted octanol–water partition coefficient (Wildman–Crippen LogP) is 2.00. The van der Waals surface area contributed by atoms with Crippen LogP contribution in [-0.4, -0.2) is 29.3 Å². The first-order chi connectivity index (χ1) is 9.15. The highest BCUT2D eigenvalue weighted by Gasteiger charge is 2.25. The third-order valence-electron chi connectivity index (χ3n) is 2.65. The Morgan fingerprint density at radius 1 is 1.45 bits per heavy atom. The zero-order valence-corrected chi connectivity index (χ0v) is 12.1. The Morgan fingerprint density at radius 2 is 2.05 bits per heavy atom. The van der Waals surface area contributed by atoms with Crippen molar-refractivity contribution in [2.24, 2.45) is 11.3 Å². The molecule has 1 rings (SSSR count). The van der Waals surface area contributed by atoms with E-state index in [-0.39, 0.29) is 16.7 Å². The number of nitrogen functional groups attached to an aromatic ring is 1. The van der Waals surface area contributed by atoms with Gasteiger partial charge in [-0.2, -0.15) is 0 Å². The third kappa shape index (κ3) is 3.92. The molecule has 3 N–H and O–H groups in total. The zero-order valence-electron chi connectivity index (χ0n) is 12.1. The van der Waals surface area contributed by atoms with Crippen LogP contribution in [0.3, 0.4) is 0 Å². The molecular formula is C13H20N4O3. The minimum absolute atomic E-state index is 0.0252. The number of benzene rings is 1. The van der Waals surface area contributed by atoms with E-state index in [0.717, 1.165) is 0 Å². The van der Waals surface area contributed by atoms with Crippen LogP contribution in [0.1, 0.15) is 31.1 Å². The summed E-state index contributed by atoms with van der Waals surface area (Å²) in [6.07, 6.45) is 0. The largest absolute Gasteiger partial charge is 0.341 e. The maximum absolute atomic E-state index is 12.4. The first-order valence-electron chi connectivity index (χ1n) is 6.16. The summed E-state index contributed by atoms with van der Waals surface area (Å²) < 4.78 is 0. The lowest BCUT2D eigenvalue weighted by molar-refractivity contribution is -0.385. The van der Waals surface area contributed by atoms with Crippen LogP contribution >= 0.6 is 0 Å². The molecule has 0 saturated carbocycles. The second kappa shape index (κ2) is 5.87. The fraction of sp³-hybridized carbons (Fsp3) is 0.462. The van der Waals surface area contributed by atoms with Crippen LogP contribution in [0.15, 0.2) is 18.2 Å². The van der Waals surface area contributed by atoms with Crippen LogP contribution in [-0.2, 0) is 0 Å². The Labute approximate surface area is 117 Å². The normalized spacial score (nSPS) is 11.1. The number of nitro groups is 1. The van der Waals surface area contributed by atoms with Crippen LogP contribution in [0.2, 0.25) is 0 Å². The SMILES string of the molecule is CN(CC(C)(C)C)C(=O)c1cc(NN)ccc1[N+](=O)[O-]. The molecule has 0 spiro atoms. The number of amides is 1. The molecule has 0 aromatic heterocycles. The Balaban J connectivity index is 3.16. The standard InChI is InChI=1S/C13H20N4O3/c1-13(2,3)8-16(4)12(18)10-7-9(15-14)5-6-11(10)17(19)20/h5-7,15H,8,14H2,1-4H3. The van der Waals surface area contributed by atoms with Gasteiger partial charge in [0.05, 0.1) is 4.92 Å². The van der Waals surface area contributed by atoms with Crippen molar-refractivity contribution in [3.05, 3.63) is 33.9 Å². The van der Waals surface area contributed by atoms with Crippen LogP contribution in [0.4, 0.5) is 11.4 Å². The molecule has 0 aliphatic rings. The Bertz CT molecular complexity index is 523. The van der Waals surface area contributed by atoms with E-state index in [1.165, 1.54) is 23.1 Å². The van der Waals surface area contributed by atoms with Crippen LogP contribution in [0, 0.1) is 15.5 Å². The lowest BCUT2D eigenvalue weighted by Crippen LogP contribution is -2.34. The molecule has 0 bridgehead atoms. The number of nitrogens with two attached hydrogens (primary N) is 1. The summed E-state index contributed by atoms with van der Waals surface area (Å²) in [5.74, 6) is 4.88. The van der Waals surface area contributed by atoms with Gasteiger partial charge in [0, 0.05) is 25.3 Å². The molecule has 0 atom stereocenters. The molecule has 0 saturated heterocycles. The molecule has 0 aliphatic heterocycles. The van der Waals surface area contributed by atoms with Crippen LogP contribution in [0.25, 0.3) is 0 Å². The maximum atomic E-state index is 12.4. The van der Waals surface area contributed by atoms with Crippen LogP contribution in [0.5, 0.6) is 0 Å². The van der Waals surface area contributed by atoms with E-state index in [2.05, 4.69) is 5.43 Å². The summed E-state index contributed by atoms with van der Waals surface area (Å²) in [4.78, 5) is 24.3. The molecule has 0 fully saturated rings. The molecule has 7 heteroatoms. The first-order valence-corrected chi connectivity index (χ1v) is 6.16. The molecule has 1 amide bonds. The van der Waals surface area contributed by atoms with Gasteiger partial charge in [0.25, 0.3) is 11.6 Å². The quantitative estimate of drug-likeness (QED) is 0.499. The molecule has 0 heterocycles. The highest BCUT2D eigenvalue weighted by atomic mass is 16.6. The van der Waals surface area contributed by atoms with E-state index in [9.17, 15) is 14.9 Å². The fourth-order valence-corrected chi connectivity index (χ4v) is 1.95. The predicted molar refractivity (Wildman–Crippen MR) is 77.3 cm³/mol. The highest BCUT2D eigenvalue weighted by molar-refractivity contribution is 5.99. The number of carbonyl (C=O) groups is 1. The van der Waals surface area contributed by atoms with Crippen molar-refractivity contribution < 1.29 is 9.72 Å². The zero-order chi connectivity index (χ0) is 15.5. The minimum Gasteiger partial charge on any atom is -0.341 e. The number of rotatable bonds is 4. The van der Waals surface area contributed by atoms with Crippen molar-refractivity contribution in [3.8, 4) is 0 Å². The monoisotopic (exact) mass is 280 g/mol. The lowest BCUT2D eigenvalue weighted by atomic mass is 9.96. The Hall–Kier alpha value is -2.15. The number of carbonyl (C=O) groups excluding carboxylic acids is 1. The molecule has 0 unspecified atom stereocenters. The summed E-state index contributed by atoms with van der Waals surface area (Å²) in [5.41, 5.74) is 2.53. The van der Waals surface area contributed by atoms with Gasteiger partial charge in [0.2, 0.25) is 0 Å². The number of hydrazine groups is 1. The number of nitro benzene ring substituents is 1. The van der Waals surface area contributed by atoms with Crippen molar-refractivity contribution in [2.45, 2.75) is 20.8 Å². The molecule has 0 aliphatic carbocycles. The summed E-state index contributed by atoms with van der Waals surface area (Å²) in [6.45, 7) is 6.46. The van der Waals surface area contributed by atoms with Crippen molar-refractivity contribution in [1.29, 1.82) is 0 Å². The van der Waals surface area contributed by atoms with Crippen molar-refractivity contribution in [1.82, 2.24) is 4.90 Å². The van der Waals surface area contributed by atoms with Crippen LogP contribution < -0.4 is 11.3 Å². The van der Waals surface area contributed by atoms with Gasteiger partial charge in [-0.1, -0.05) is 20.8 Å². The average molecular weight is 280 g/mol. The second-order valence-corrected chi connectivity index (χ2v) is 5.86. The van der Waals surface area contributed by atoms with Crippen molar-refractivity contribution >= 4 is 17.3 Å². The summed E-state index contributed by atoms with van der Waals surface area (Å²) in [5, 5.41) is 11.0. The molecule has 7 nitrogen and oxygen atoms in total. The highest BCUT2D eigenvalue weighted by Crippen LogP contribution is 2.25. The van der Waals surface area contributed by atoms with Gasteiger partial charge in [-0.25, -0.2) is 0 Å². The topological polar surface area (TPSA) is 102 Å². The van der Waals surface area contributed by atoms with Gasteiger partial charge < -0.3 is 10.3 Å². The molecular weight excluding hydrogens is 260 g/mol. The molecule has 1 aromatic rings. The minimum atomic E-state index is -0.571. The van der Waals surface area contributed by atoms with E-state index in [1.54, 1.807) is 7.05 Å². The first kappa shape index (κ1) is 15.9. The molecule has 20 heavy (non-hydrogen) atoms. The lowest BCUT2D eigenvalue weighted by Gasteiger charge is -2.26. The van der Waals surface area contributed by atoms with Gasteiger partial charge >= 0.3 is 0 Å². The number of hydrogen-bond donors (Lipinski definition) is 2. The van der Waals surface area contributed by atoms with Crippen molar-refractivity contribution in [2.75, 3.05) is 19.0 Å². The second-order valence-electron chi connectivity index (χ2n) is 5.86. The summed E-state index contributed by atoms with van der Waals surface area (Å²) in [7, 11) is 1.62. The molecule has 110 valence electrons. The van der Waals surface area contributed by atoms with E-state index >= 15 is 0 Å². The molecule has 0 radical (unpaired) electrons. The van der Waals surface area contributed by atoms with Gasteiger partial charge in [0.1, 0.15) is 5.56 Å². The third-order valence-corrected chi connectivity index (χ3v) is 2.65.